The van der Waals surface area contributed by atoms with Crippen molar-refractivity contribution >= 4 is 17.9 Å². The maximum atomic E-state index is 9.10. The van der Waals surface area contributed by atoms with E-state index in [9.17, 15) is 0 Å². The second-order valence-corrected chi connectivity index (χ2v) is 7.60. The molecule has 7 nitrogen and oxygen atoms in total. The van der Waals surface area contributed by atoms with Crippen LogP contribution >= 0.6 is 0 Å². The Hall–Kier alpha value is -4.39. The smallest absolute Gasteiger partial charge is 0.414 e. The molecule has 34 heavy (non-hydrogen) atoms. The molecule has 0 aliphatic heterocycles. The number of aromatic nitrogens is 2. The summed E-state index contributed by atoms with van der Waals surface area (Å²) >= 11 is 0. The molecule has 1 aromatic heterocycles. The van der Waals surface area contributed by atoms with Crippen LogP contribution in [0.4, 0.5) is 5.95 Å². The molecule has 3 aromatic carbocycles. The quantitative estimate of drug-likeness (QED) is 0.349. The Bertz CT molecular complexity index is 1220. The van der Waals surface area contributed by atoms with Crippen LogP contribution in [0.25, 0.3) is 22.4 Å². The van der Waals surface area contributed by atoms with E-state index in [4.69, 9.17) is 19.8 Å². The van der Waals surface area contributed by atoms with Gasteiger partial charge in [-0.2, -0.15) is 0 Å². The number of nitrogens with one attached hydrogen (secondary N) is 1. The zero-order valence-corrected chi connectivity index (χ0v) is 19.1. The first-order valence-corrected chi connectivity index (χ1v) is 10.8. The van der Waals surface area contributed by atoms with Gasteiger partial charge in [-0.25, -0.2) is 14.6 Å². The second-order valence-electron chi connectivity index (χ2n) is 7.60. The summed E-state index contributed by atoms with van der Waals surface area (Å²) < 4.78 is 2.11. The largest absolute Gasteiger partial charge is 0.473 e. The maximum Gasteiger partial charge on any atom is 0.414 e. The van der Waals surface area contributed by atoms with Gasteiger partial charge in [0, 0.05) is 13.6 Å². The molecule has 3 N–H and O–H groups in total. The van der Waals surface area contributed by atoms with Crippen molar-refractivity contribution in [2.75, 3.05) is 5.32 Å². The molecule has 0 aliphatic rings. The number of aryl methyl sites for hydroxylation is 1. The van der Waals surface area contributed by atoms with Crippen molar-refractivity contribution in [3.63, 3.8) is 0 Å². The van der Waals surface area contributed by atoms with Crippen LogP contribution in [0.1, 0.15) is 18.1 Å². The van der Waals surface area contributed by atoms with E-state index in [0.717, 1.165) is 30.2 Å². The number of rotatable bonds is 6. The molecule has 0 amide bonds. The van der Waals surface area contributed by atoms with E-state index < -0.39 is 11.9 Å². The number of benzene rings is 3. The highest BCUT2D eigenvalue weighted by molar-refractivity contribution is 6.27. The van der Waals surface area contributed by atoms with Gasteiger partial charge < -0.3 is 20.1 Å². The van der Waals surface area contributed by atoms with Crippen molar-refractivity contribution in [3.05, 3.63) is 96.2 Å². The Kier molecular flexibility index (Phi) is 8.18. The molecule has 7 heteroatoms. The molecular formula is C27H27N3O4. The molecular weight excluding hydrogens is 430 g/mol. The first-order chi connectivity index (χ1) is 16.4. The summed E-state index contributed by atoms with van der Waals surface area (Å²) in [5.74, 6) is -2.77. The minimum Gasteiger partial charge on any atom is -0.473 e. The van der Waals surface area contributed by atoms with E-state index in [1.807, 2.05) is 12.3 Å². The van der Waals surface area contributed by atoms with Gasteiger partial charge in [0.25, 0.3) is 0 Å². The summed E-state index contributed by atoms with van der Waals surface area (Å²) in [5.41, 5.74) is 7.34. The number of carboxylic acids is 2. The number of anilines is 1. The second kappa shape index (κ2) is 11.5. The molecule has 1 heterocycles. The van der Waals surface area contributed by atoms with Crippen molar-refractivity contribution in [2.24, 2.45) is 7.05 Å². The molecule has 174 valence electrons. The molecule has 0 spiro atoms. The topological polar surface area (TPSA) is 104 Å². The summed E-state index contributed by atoms with van der Waals surface area (Å²) in [6, 6.07) is 27.8. The summed E-state index contributed by atoms with van der Waals surface area (Å²) in [6.45, 7) is 2.94. The lowest BCUT2D eigenvalue weighted by atomic mass is 10.0. The van der Waals surface area contributed by atoms with Crippen LogP contribution in [-0.2, 0) is 29.6 Å². The third-order valence-corrected chi connectivity index (χ3v) is 5.34. The van der Waals surface area contributed by atoms with Crippen LogP contribution in [0.15, 0.2) is 85.1 Å². The monoisotopic (exact) mass is 457 g/mol. The minimum atomic E-state index is -1.82. The Morgan fingerprint density at radius 2 is 1.32 bits per heavy atom. The number of hydrogen-bond donors (Lipinski definition) is 3. The lowest BCUT2D eigenvalue weighted by molar-refractivity contribution is -0.159. The summed E-state index contributed by atoms with van der Waals surface area (Å²) in [4.78, 5) is 22.8. The van der Waals surface area contributed by atoms with Gasteiger partial charge in [0.1, 0.15) is 0 Å². The van der Waals surface area contributed by atoms with Crippen LogP contribution in [0, 0.1) is 0 Å². The molecule has 4 rings (SSSR count). The summed E-state index contributed by atoms with van der Waals surface area (Å²) in [7, 11) is 2.05. The van der Waals surface area contributed by atoms with Crippen molar-refractivity contribution in [1.82, 2.24) is 9.55 Å². The number of hydrogen-bond acceptors (Lipinski definition) is 4. The number of aliphatic carboxylic acids is 2. The third-order valence-electron chi connectivity index (χ3n) is 5.34. The average Bonchev–Trinajstić information content (AvgIpc) is 3.24. The fraction of sp³-hybridized carbons (Fsp3) is 0.148. The lowest BCUT2D eigenvalue weighted by Gasteiger charge is -2.09. The van der Waals surface area contributed by atoms with Crippen molar-refractivity contribution in [2.45, 2.75) is 19.9 Å². The zero-order chi connectivity index (χ0) is 24.5. The van der Waals surface area contributed by atoms with Gasteiger partial charge in [0.15, 0.2) is 0 Å². The van der Waals surface area contributed by atoms with Crippen LogP contribution in [0.3, 0.4) is 0 Å². The Labute approximate surface area is 198 Å². The highest BCUT2D eigenvalue weighted by Gasteiger charge is 2.09. The van der Waals surface area contributed by atoms with E-state index in [1.54, 1.807) is 0 Å². The van der Waals surface area contributed by atoms with Gasteiger partial charge in [-0.3, -0.25) is 0 Å². The van der Waals surface area contributed by atoms with Crippen LogP contribution in [-0.4, -0.2) is 31.7 Å². The molecule has 0 fully saturated rings. The SMILES string of the molecule is CCc1ccc(CNc2ncc(-c3ccc(-c4ccccc4)cc3)n2C)cc1.O=C(O)C(=O)O. The average molecular weight is 458 g/mol. The van der Waals surface area contributed by atoms with Crippen LogP contribution in [0.2, 0.25) is 0 Å². The number of nitrogens with zero attached hydrogens (tertiary/aromatic N) is 2. The first-order valence-electron chi connectivity index (χ1n) is 10.8. The van der Waals surface area contributed by atoms with Crippen LogP contribution in [0.5, 0.6) is 0 Å². The van der Waals surface area contributed by atoms with Gasteiger partial charge in [-0.15, -0.1) is 0 Å². The molecule has 0 radical (unpaired) electrons. The predicted molar refractivity (Wildman–Crippen MR) is 132 cm³/mol. The van der Waals surface area contributed by atoms with Gasteiger partial charge in [-0.1, -0.05) is 85.8 Å². The number of carboxylic acid groups (broad SMARTS) is 2. The maximum absolute atomic E-state index is 9.10. The van der Waals surface area contributed by atoms with Gasteiger partial charge >= 0.3 is 11.9 Å². The van der Waals surface area contributed by atoms with E-state index in [2.05, 4.69) is 102 Å². The van der Waals surface area contributed by atoms with E-state index in [-0.39, 0.29) is 0 Å². The fourth-order valence-corrected chi connectivity index (χ4v) is 3.38. The number of imidazole rings is 1. The Morgan fingerprint density at radius 3 is 1.88 bits per heavy atom. The first kappa shape index (κ1) is 24.3. The Morgan fingerprint density at radius 1 is 0.794 bits per heavy atom. The van der Waals surface area contributed by atoms with Crippen LogP contribution < -0.4 is 5.32 Å². The molecule has 0 saturated carbocycles. The molecule has 0 atom stereocenters. The highest BCUT2D eigenvalue weighted by atomic mass is 16.4. The molecule has 4 aromatic rings. The third kappa shape index (κ3) is 6.32. The van der Waals surface area contributed by atoms with Crippen molar-refractivity contribution in [1.29, 1.82) is 0 Å². The van der Waals surface area contributed by atoms with E-state index >= 15 is 0 Å². The molecule has 0 unspecified atom stereocenters. The van der Waals surface area contributed by atoms with Crippen molar-refractivity contribution < 1.29 is 19.8 Å². The molecule has 0 aliphatic carbocycles. The van der Waals surface area contributed by atoms with E-state index in [0.29, 0.717) is 0 Å². The van der Waals surface area contributed by atoms with E-state index in [1.165, 1.54) is 22.3 Å². The normalized spacial score (nSPS) is 10.2. The standard InChI is InChI=1S/C25H25N3.C2H2O4/c1-3-19-9-11-20(12-10-19)17-26-25-27-18-24(28(25)2)23-15-13-22(14-16-23)21-7-5-4-6-8-21;3-1(4)2(5)6/h4-16,18H,3,17H2,1-2H3,(H,26,27);(H,3,4)(H,5,6). The zero-order valence-electron chi connectivity index (χ0n) is 19.1. The van der Waals surface area contributed by atoms with Gasteiger partial charge in [0.2, 0.25) is 5.95 Å². The summed E-state index contributed by atoms with van der Waals surface area (Å²) in [6.07, 6.45) is 3.00. The number of carbonyl (C=O) groups is 2. The minimum absolute atomic E-state index is 0.765. The molecule has 0 bridgehead atoms. The van der Waals surface area contributed by atoms with Gasteiger partial charge in [-0.05, 0) is 34.2 Å². The molecule has 0 saturated heterocycles. The lowest BCUT2D eigenvalue weighted by Crippen LogP contribution is -2.09. The fourth-order valence-electron chi connectivity index (χ4n) is 3.38. The van der Waals surface area contributed by atoms with Crippen molar-refractivity contribution in [3.8, 4) is 22.4 Å². The Balaban J connectivity index is 0.000000481. The highest BCUT2D eigenvalue weighted by Crippen LogP contribution is 2.26. The van der Waals surface area contributed by atoms with Gasteiger partial charge in [0.05, 0.1) is 11.9 Å². The predicted octanol–water partition coefficient (Wildman–Crippen LogP) is 5.08. The summed E-state index contributed by atoms with van der Waals surface area (Å²) in [5, 5.41) is 18.2.